The zero-order valence-corrected chi connectivity index (χ0v) is 13.0. The summed E-state index contributed by atoms with van der Waals surface area (Å²) >= 11 is 0. The summed E-state index contributed by atoms with van der Waals surface area (Å²) < 4.78 is 10.5. The average molecular weight is 282 g/mol. The average Bonchev–Trinajstić information content (AvgIpc) is 2.17. The molecule has 18 heavy (non-hydrogen) atoms. The molecule has 0 aromatic heterocycles. The second-order valence-corrected chi connectivity index (χ2v) is 11.4. The van der Waals surface area contributed by atoms with Crippen molar-refractivity contribution in [3.63, 3.8) is 0 Å². The predicted octanol–water partition coefficient (Wildman–Crippen LogP) is 2.22. The molecule has 0 radical (unpaired) electrons. The Morgan fingerprint density at radius 1 is 1.00 bits per heavy atom. The third-order valence-electron chi connectivity index (χ3n) is 1.71. The van der Waals surface area contributed by atoms with Gasteiger partial charge in [0.15, 0.2) is 0 Å². The first-order valence-electron chi connectivity index (χ1n) is 5.75. The predicted molar refractivity (Wildman–Crippen MR) is 77.4 cm³/mol. The molecule has 0 bridgehead atoms. The van der Waals surface area contributed by atoms with Gasteiger partial charge in [-0.05, 0) is 36.5 Å². The molecule has 0 atom stereocenters. The summed E-state index contributed by atoms with van der Waals surface area (Å²) in [7, 11) is -5.19. The summed E-state index contributed by atoms with van der Waals surface area (Å²) in [6.45, 7) is 6.44. The largest absolute Gasteiger partial charge is 0.325 e. The fourth-order valence-electron chi connectivity index (χ4n) is 0.919. The van der Waals surface area contributed by atoms with Crippen molar-refractivity contribution >= 4 is 15.7 Å². The highest BCUT2D eigenvalue weighted by Gasteiger charge is 2.10. The molecule has 0 aliphatic heterocycles. The molecule has 0 rings (SSSR count). The highest BCUT2D eigenvalue weighted by atomic mass is 31.2. The highest BCUT2D eigenvalue weighted by Crippen LogP contribution is 2.35. The van der Waals surface area contributed by atoms with Crippen molar-refractivity contribution in [3.05, 3.63) is 0 Å². The van der Waals surface area contributed by atoms with Crippen LogP contribution >= 0.6 is 7.60 Å². The fraction of sp³-hybridized carbons (Fsp3) is 0.538. The van der Waals surface area contributed by atoms with E-state index in [-0.39, 0.29) is 6.16 Å². The number of hydrogen-bond acceptors (Lipinski definition) is 1. The van der Waals surface area contributed by atoms with Gasteiger partial charge in [0.2, 0.25) is 0 Å². The second-order valence-electron chi connectivity index (χ2n) is 4.90. The van der Waals surface area contributed by atoms with Crippen molar-refractivity contribution < 1.29 is 14.4 Å². The maximum absolute atomic E-state index is 10.5. The van der Waals surface area contributed by atoms with Gasteiger partial charge in [0.1, 0.15) is 8.07 Å². The van der Waals surface area contributed by atoms with E-state index in [1.165, 1.54) is 0 Å². The van der Waals surface area contributed by atoms with Crippen molar-refractivity contribution in [3.8, 4) is 35.1 Å². The van der Waals surface area contributed by atoms with Gasteiger partial charge < -0.3 is 9.79 Å². The molecule has 5 heteroatoms. The first-order valence-corrected chi connectivity index (χ1v) is 11.0. The van der Waals surface area contributed by atoms with Crippen LogP contribution in [0.5, 0.6) is 0 Å². The lowest BCUT2D eigenvalue weighted by Crippen LogP contribution is -2.16. The summed E-state index contributed by atoms with van der Waals surface area (Å²) in [5, 5.41) is 0. The molecule has 0 aromatic rings. The summed E-state index contributed by atoms with van der Waals surface area (Å²) in [5.74, 6) is 13.6. The Kier molecular flexibility index (Phi) is 7.77. The molecule has 2 N–H and O–H groups in total. The first-order chi connectivity index (χ1) is 8.21. The molecule has 0 aliphatic rings. The Balaban J connectivity index is 3.84. The minimum Gasteiger partial charge on any atom is -0.324 e. The van der Waals surface area contributed by atoms with Crippen LogP contribution in [0.2, 0.25) is 19.6 Å². The molecule has 0 aliphatic carbocycles. The Bertz CT molecular complexity index is 480. The van der Waals surface area contributed by atoms with Gasteiger partial charge in [0.25, 0.3) is 0 Å². The van der Waals surface area contributed by atoms with Gasteiger partial charge in [0.05, 0.1) is 0 Å². The highest BCUT2D eigenvalue weighted by molar-refractivity contribution is 7.51. The quantitative estimate of drug-likeness (QED) is 0.360. The number of unbranched alkanes of at least 4 members (excludes halogenated alkanes) is 2. The summed E-state index contributed by atoms with van der Waals surface area (Å²) in [4.78, 5) is 17.2. The molecule has 0 unspecified atom stereocenters. The lowest BCUT2D eigenvalue weighted by atomic mass is 10.2. The van der Waals surface area contributed by atoms with Crippen LogP contribution in [0.15, 0.2) is 0 Å². The first kappa shape index (κ1) is 17.0. The van der Waals surface area contributed by atoms with Gasteiger partial charge in [-0.25, -0.2) is 0 Å². The molecule has 0 spiro atoms. The molecule has 0 saturated carbocycles. The van der Waals surface area contributed by atoms with E-state index >= 15 is 0 Å². The van der Waals surface area contributed by atoms with Crippen LogP contribution in [0, 0.1) is 35.1 Å². The van der Waals surface area contributed by atoms with Crippen LogP contribution in [-0.2, 0) is 4.57 Å². The third kappa shape index (κ3) is 15.0. The van der Waals surface area contributed by atoms with E-state index < -0.39 is 15.7 Å². The molecular weight excluding hydrogens is 263 g/mol. The van der Waals surface area contributed by atoms with Crippen LogP contribution in [0.25, 0.3) is 0 Å². The van der Waals surface area contributed by atoms with Crippen LogP contribution in [0.1, 0.15) is 19.3 Å². The van der Waals surface area contributed by atoms with Crippen molar-refractivity contribution in [1.29, 1.82) is 0 Å². The van der Waals surface area contributed by atoms with Crippen LogP contribution < -0.4 is 0 Å². The fourth-order valence-corrected chi connectivity index (χ4v) is 1.99. The van der Waals surface area contributed by atoms with Crippen molar-refractivity contribution in [2.24, 2.45) is 0 Å². The van der Waals surface area contributed by atoms with E-state index in [0.717, 1.165) is 0 Å². The topological polar surface area (TPSA) is 57.5 Å². The monoisotopic (exact) mass is 282 g/mol. The van der Waals surface area contributed by atoms with E-state index in [1.807, 2.05) is 0 Å². The number of hydrogen-bond donors (Lipinski definition) is 2. The summed E-state index contributed by atoms with van der Waals surface area (Å²) in [6.07, 6.45) is 1.71. The minimum atomic E-state index is -3.84. The van der Waals surface area contributed by atoms with Crippen molar-refractivity contribution in [2.75, 3.05) is 6.16 Å². The zero-order chi connectivity index (χ0) is 14.1. The molecule has 0 aromatic carbocycles. The molecular formula is C13H19O3PSi. The van der Waals surface area contributed by atoms with E-state index in [1.54, 1.807) is 0 Å². The van der Waals surface area contributed by atoms with Gasteiger partial charge in [-0.3, -0.25) is 4.57 Å². The normalized spacial score (nSPS) is 10.3. The Labute approximate surface area is 111 Å². The second kappa shape index (κ2) is 8.20. The van der Waals surface area contributed by atoms with E-state index in [0.29, 0.717) is 19.3 Å². The molecule has 0 fully saturated rings. The summed E-state index contributed by atoms with van der Waals surface area (Å²) in [6, 6.07) is 0. The molecule has 3 nitrogen and oxygen atoms in total. The Hall–Kier alpha value is -0.953. The molecule has 0 amide bonds. The molecule has 0 saturated heterocycles. The Morgan fingerprint density at radius 2 is 1.61 bits per heavy atom. The zero-order valence-electron chi connectivity index (χ0n) is 11.1. The van der Waals surface area contributed by atoms with E-state index in [4.69, 9.17) is 9.79 Å². The van der Waals surface area contributed by atoms with E-state index in [2.05, 4.69) is 54.8 Å². The van der Waals surface area contributed by atoms with Crippen LogP contribution in [0.4, 0.5) is 0 Å². The maximum atomic E-state index is 10.5. The van der Waals surface area contributed by atoms with Gasteiger partial charge in [0, 0.05) is 12.6 Å². The van der Waals surface area contributed by atoms with Gasteiger partial charge in [-0.1, -0.05) is 25.6 Å². The maximum Gasteiger partial charge on any atom is 0.325 e. The van der Waals surface area contributed by atoms with Gasteiger partial charge in [-0.2, -0.15) is 0 Å². The summed E-state index contributed by atoms with van der Waals surface area (Å²) in [5.41, 5.74) is 3.11. The van der Waals surface area contributed by atoms with Crippen molar-refractivity contribution in [2.45, 2.75) is 38.9 Å². The number of rotatable bonds is 4. The standard InChI is InChI=1S/C13H19O3PSi/c1-18(2,3)13-11-9-7-5-4-6-8-10-12-17(14,15)16/h6,8,10,12H2,1-3H3,(H2,14,15,16). The third-order valence-corrected chi connectivity index (χ3v) is 3.49. The molecule has 0 heterocycles. The van der Waals surface area contributed by atoms with Crippen molar-refractivity contribution in [1.82, 2.24) is 0 Å². The minimum absolute atomic E-state index is 0.0674. The van der Waals surface area contributed by atoms with E-state index in [9.17, 15) is 4.57 Å². The van der Waals surface area contributed by atoms with Gasteiger partial charge >= 0.3 is 7.60 Å². The van der Waals surface area contributed by atoms with Crippen LogP contribution in [-0.4, -0.2) is 24.0 Å². The SMILES string of the molecule is C[Si](C)(C)C#CC#CC#CCCCCP(=O)(O)O. The lowest BCUT2D eigenvalue weighted by Gasteiger charge is -2.01. The smallest absolute Gasteiger partial charge is 0.324 e. The lowest BCUT2D eigenvalue weighted by molar-refractivity contribution is 0.371. The van der Waals surface area contributed by atoms with Gasteiger partial charge in [-0.15, -0.1) is 5.54 Å². The van der Waals surface area contributed by atoms with Crippen LogP contribution in [0.3, 0.4) is 0 Å². The Morgan fingerprint density at radius 3 is 2.17 bits per heavy atom. The molecule has 98 valence electrons.